The number of aromatic nitrogens is 1. The van der Waals surface area contributed by atoms with Crippen LogP contribution in [0.3, 0.4) is 0 Å². The number of amides is 1. The summed E-state index contributed by atoms with van der Waals surface area (Å²) < 4.78 is 6.40. The largest absolute Gasteiger partial charge is 0.449 e. The van der Waals surface area contributed by atoms with Gasteiger partial charge in [0.15, 0.2) is 6.10 Å². The number of nitrogens with zero attached hydrogens (tertiary/aromatic N) is 2. The highest BCUT2D eigenvalue weighted by Gasteiger charge is 2.34. The van der Waals surface area contributed by atoms with Gasteiger partial charge >= 0.3 is 5.97 Å². The van der Waals surface area contributed by atoms with Gasteiger partial charge in [0.25, 0.3) is 5.91 Å². The maximum atomic E-state index is 12.9. The predicted molar refractivity (Wildman–Crippen MR) is 111 cm³/mol. The van der Waals surface area contributed by atoms with Crippen molar-refractivity contribution in [2.75, 3.05) is 4.90 Å². The normalized spacial score (nSPS) is 17.1. The molecule has 1 aliphatic heterocycles. The number of benzene rings is 2. The third kappa shape index (κ3) is 3.55. The molecule has 6 heteroatoms. The van der Waals surface area contributed by atoms with Crippen LogP contribution in [0, 0.1) is 0 Å². The van der Waals surface area contributed by atoms with E-state index in [1.54, 1.807) is 17.9 Å². The number of anilines is 1. The molecule has 1 aromatic heterocycles. The van der Waals surface area contributed by atoms with E-state index < -0.39 is 12.1 Å². The van der Waals surface area contributed by atoms with Gasteiger partial charge in [0.05, 0.1) is 10.2 Å². The smallest absolute Gasteiger partial charge is 0.331 e. The van der Waals surface area contributed by atoms with Gasteiger partial charge in [-0.25, -0.2) is 9.78 Å². The molecule has 1 aliphatic rings. The molecule has 0 unspecified atom stereocenters. The molecule has 2 aromatic carbocycles. The number of carbonyl (C=O) groups excluding carboxylic acids is 2. The van der Waals surface area contributed by atoms with Gasteiger partial charge in [0, 0.05) is 17.8 Å². The van der Waals surface area contributed by atoms with E-state index >= 15 is 0 Å². The average Bonchev–Trinajstić information content (AvgIpc) is 3.25. The van der Waals surface area contributed by atoms with Crippen LogP contribution in [0.15, 0.2) is 54.6 Å². The first-order valence-electron chi connectivity index (χ1n) is 9.18. The number of carbonyl (C=O) groups is 2. The van der Waals surface area contributed by atoms with Gasteiger partial charge in [-0.2, -0.15) is 0 Å². The lowest BCUT2D eigenvalue weighted by Crippen LogP contribution is -2.43. The van der Waals surface area contributed by atoms with Crippen LogP contribution in [0.4, 0.5) is 5.69 Å². The molecule has 0 spiro atoms. The predicted octanol–water partition coefficient (Wildman–Crippen LogP) is 4.22. The Bertz CT molecular complexity index is 1040. The van der Waals surface area contributed by atoms with Crippen molar-refractivity contribution >= 4 is 45.2 Å². The van der Waals surface area contributed by atoms with Crippen LogP contribution in [-0.4, -0.2) is 29.0 Å². The number of hydrogen-bond acceptors (Lipinski definition) is 5. The summed E-state index contributed by atoms with van der Waals surface area (Å²) in [7, 11) is 0. The Labute approximate surface area is 167 Å². The first kappa shape index (κ1) is 18.4. The number of para-hydroxylation sites is 2. The van der Waals surface area contributed by atoms with Crippen LogP contribution in [0.25, 0.3) is 16.3 Å². The summed E-state index contributed by atoms with van der Waals surface area (Å²) in [6.45, 7) is 3.61. The second kappa shape index (κ2) is 7.56. The summed E-state index contributed by atoms with van der Waals surface area (Å²) in [5, 5.41) is 0.722. The van der Waals surface area contributed by atoms with E-state index in [-0.39, 0.29) is 11.9 Å². The van der Waals surface area contributed by atoms with Crippen molar-refractivity contribution in [3.05, 3.63) is 65.2 Å². The minimum atomic E-state index is -0.860. The molecular weight excluding hydrogens is 372 g/mol. The van der Waals surface area contributed by atoms with Crippen LogP contribution in [0.1, 0.15) is 24.4 Å². The minimum absolute atomic E-state index is 0.0457. The van der Waals surface area contributed by atoms with Crippen LogP contribution in [-0.2, 0) is 20.7 Å². The molecule has 0 saturated heterocycles. The molecule has 0 saturated carbocycles. The highest BCUT2D eigenvalue weighted by Crippen LogP contribution is 2.32. The first-order chi connectivity index (χ1) is 13.5. The summed E-state index contributed by atoms with van der Waals surface area (Å²) >= 11 is 1.50. The quantitative estimate of drug-likeness (QED) is 0.493. The fourth-order valence-electron chi connectivity index (χ4n) is 3.46. The van der Waals surface area contributed by atoms with E-state index in [0.717, 1.165) is 32.9 Å². The van der Waals surface area contributed by atoms with E-state index in [2.05, 4.69) is 4.98 Å². The van der Waals surface area contributed by atoms with Crippen LogP contribution < -0.4 is 4.90 Å². The van der Waals surface area contributed by atoms with Crippen molar-refractivity contribution in [2.45, 2.75) is 32.4 Å². The summed E-state index contributed by atoms with van der Waals surface area (Å²) in [6, 6.07) is 15.7. The Morgan fingerprint density at radius 1 is 1.21 bits per heavy atom. The second-order valence-electron chi connectivity index (χ2n) is 6.82. The lowest BCUT2D eigenvalue weighted by molar-refractivity contribution is -0.149. The van der Waals surface area contributed by atoms with E-state index in [4.69, 9.17) is 4.74 Å². The number of rotatable bonds is 4. The van der Waals surface area contributed by atoms with Crippen molar-refractivity contribution in [2.24, 2.45) is 0 Å². The summed E-state index contributed by atoms with van der Waals surface area (Å²) in [6.07, 6.45) is 2.89. The molecule has 0 bridgehead atoms. The highest BCUT2D eigenvalue weighted by molar-refractivity contribution is 7.19. The molecule has 142 valence electrons. The van der Waals surface area contributed by atoms with Gasteiger partial charge in [-0.3, -0.25) is 4.79 Å². The number of ether oxygens (including phenoxy) is 1. The molecule has 1 amide bonds. The number of fused-ring (bicyclic) bond motifs is 2. The molecule has 5 nitrogen and oxygen atoms in total. The minimum Gasteiger partial charge on any atom is -0.449 e. The average molecular weight is 392 g/mol. The first-order valence-corrected chi connectivity index (χ1v) is 10.00. The Kier molecular flexibility index (Phi) is 4.96. The summed E-state index contributed by atoms with van der Waals surface area (Å²) in [5.74, 6) is -0.764. The number of esters is 1. The molecule has 4 rings (SSSR count). The molecule has 3 aromatic rings. The van der Waals surface area contributed by atoms with E-state index in [1.807, 2.05) is 55.5 Å². The van der Waals surface area contributed by atoms with Crippen molar-refractivity contribution in [3.8, 4) is 0 Å². The van der Waals surface area contributed by atoms with Crippen molar-refractivity contribution in [1.29, 1.82) is 0 Å². The van der Waals surface area contributed by atoms with E-state index in [9.17, 15) is 9.59 Å². The zero-order valence-electron chi connectivity index (χ0n) is 15.7. The Balaban J connectivity index is 1.42. The molecule has 0 N–H and O–H groups in total. The van der Waals surface area contributed by atoms with Gasteiger partial charge in [-0.05, 0) is 50.1 Å². The maximum Gasteiger partial charge on any atom is 0.331 e. The fourth-order valence-corrected chi connectivity index (χ4v) is 4.33. The Morgan fingerprint density at radius 3 is 2.79 bits per heavy atom. The maximum absolute atomic E-state index is 12.9. The van der Waals surface area contributed by atoms with E-state index in [0.29, 0.717) is 0 Å². The summed E-state index contributed by atoms with van der Waals surface area (Å²) in [5.41, 5.74) is 2.93. The van der Waals surface area contributed by atoms with Crippen LogP contribution in [0.2, 0.25) is 0 Å². The monoisotopic (exact) mass is 392 g/mol. The lowest BCUT2D eigenvalue weighted by atomic mass is 10.1. The van der Waals surface area contributed by atoms with Gasteiger partial charge in [0.2, 0.25) is 0 Å². The third-order valence-corrected chi connectivity index (χ3v) is 5.76. The van der Waals surface area contributed by atoms with Crippen molar-refractivity contribution in [3.63, 3.8) is 0 Å². The Morgan fingerprint density at radius 2 is 1.96 bits per heavy atom. The molecular formula is C22H20N2O3S. The molecule has 0 aliphatic carbocycles. The molecule has 2 heterocycles. The summed E-state index contributed by atoms with van der Waals surface area (Å²) in [4.78, 5) is 31.2. The molecule has 0 fully saturated rings. The SMILES string of the molecule is C[C@@H](OC(=O)/C=C/c1nc2ccccc2s1)C(=O)N1c2ccccc2C[C@@H]1C. The van der Waals surface area contributed by atoms with Gasteiger partial charge in [0.1, 0.15) is 5.01 Å². The zero-order valence-corrected chi connectivity index (χ0v) is 16.5. The van der Waals surface area contributed by atoms with E-state index in [1.165, 1.54) is 17.4 Å². The van der Waals surface area contributed by atoms with Crippen LogP contribution in [0.5, 0.6) is 0 Å². The van der Waals surface area contributed by atoms with Crippen molar-refractivity contribution in [1.82, 2.24) is 4.98 Å². The van der Waals surface area contributed by atoms with Gasteiger partial charge in [-0.15, -0.1) is 11.3 Å². The fraction of sp³-hybridized carbons (Fsp3) is 0.227. The highest BCUT2D eigenvalue weighted by atomic mass is 32.1. The molecule has 2 atom stereocenters. The Hall–Kier alpha value is -2.99. The number of hydrogen-bond donors (Lipinski definition) is 0. The third-order valence-electron chi connectivity index (χ3n) is 4.76. The zero-order chi connectivity index (χ0) is 19.7. The molecule has 28 heavy (non-hydrogen) atoms. The number of thiazole rings is 1. The van der Waals surface area contributed by atoms with Crippen molar-refractivity contribution < 1.29 is 14.3 Å². The molecule has 0 radical (unpaired) electrons. The standard InChI is InChI=1S/C22H20N2O3S/c1-14-13-16-7-3-5-9-18(16)24(14)22(26)15(2)27-21(25)12-11-20-23-17-8-4-6-10-19(17)28-20/h3-12,14-15H,13H2,1-2H3/b12-11+/t14-,15+/m0/s1. The van der Waals surface area contributed by atoms with Crippen LogP contribution >= 0.6 is 11.3 Å². The van der Waals surface area contributed by atoms with Gasteiger partial charge < -0.3 is 9.64 Å². The van der Waals surface area contributed by atoms with Gasteiger partial charge in [-0.1, -0.05) is 30.3 Å². The lowest BCUT2D eigenvalue weighted by Gasteiger charge is -2.25. The second-order valence-corrected chi connectivity index (χ2v) is 7.88. The topological polar surface area (TPSA) is 59.5 Å².